The van der Waals surface area contributed by atoms with Crippen molar-refractivity contribution in [2.45, 2.75) is 75.9 Å². The maximum Gasteiger partial charge on any atom is 0.408 e. The number of allylic oxidation sites excluding steroid dienone is 3. The lowest BCUT2D eigenvalue weighted by molar-refractivity contribution is -0.140. The molecule has 0 saturated carbocycles. The van der Waals surface area contributed by atoms with Crippen LogP contribution in [0.5, 0.6) is 0 Å². The van der Waals surface area contributed by atoms with E-state index in [4.69, 9.17) is 4.74 Å². The first-order valence-electron chi connectivity index (χ1n) is 12.3. The quantitative estimate of drug-likeness (QED) is 0.307. The van der Waals surface area contributed by atoms with Gasteiger partial charge in [-0.2, -0.15) is 0 Å². The molecule has 1 unspecified atom stereocenters. The molecule has 1 saturated heterocycles. The van der Waals surface area contributed by atoms with Crippen LogP contribution in [-0.2, 0) is 20.9 Å². The van der Waals surface area contributed by atoms with E-state index in [9.17, 15) is 18.9 Å². The molecular formula is C26H35N3O5S. The summed E-state index contributed by atoms with van der Waals surface area (Å²) in [5.41, 5.74) is 1.82. The summed E-state index contributed by atoms with van der Waals surface area (Å²) in [6.45, 7) is 2.51. The van der Waals surface area contributed by atoms with Crippen LogP contribution in [0.15, 0.2) is 54.1 Å². The Morgan fingerprint density at radius 2 is 2.00 bits per heavy atom. The molecule has 0 bridgehead atoms. The van der Waals surface area contributed by atoms with Crippen molar-refractivity contribution in [1.82, 2.24) is 15.5 Å². The number of nitrogens with zero attached hydrogens (tertiary/aromatic N) is 1. The number of alkyl carbamates (subject to hydrolysis) is 1. The highest BCUT2D eigenvalue weighted by atomic mass is 32.2. The lowest BCUT2D eigenvalue weighted by atomic mass is 9.99. The highest BCUT2D eigenvalue weighted by Crippen LogP contribution is 2.23. The van der Waals surface area contributed by atoms with E-state index < -0.39 is 23.6 Å². The van der Waals surface area contributed by atoms with Gasteiger partial charge in [-0.3, -0.25) is 9.59 Å². The standard InChI is InChI=1S/C26H35N3O5S/c1-2-10-23(35-33)28-24(30)22-15-9-16-29(22)25(31)21(17-19-11-5-3-6-12-19)27-26(32)34-18-20-13-7-4-8-14-20/h4-5,7-8,11-14,21-23,33H,2-3,6,9-10,15-18H2,1H3,(H,27,32)(H,28,30)/t21-,22?,23-/m0/s1. The minimum atomic E-state index is -0.848. The number of hydrogen-bond acceptors (Lipinski definition) is 6. The lowest BCUT2D eigenvalue weighted by Crippen LogP contribution is -2.54. The first-order chi connectivity index (χ1) is 17.0. The number of nitrogens with one attached hydrogen (secondary N) is 2. The van der Waals surface area contributed by atoms with Gasteiger partial charge in [0.1, 0.15) is 24.1 Å². The summed E-state index contributed by atoms with van der Waals surface area (Å²) in [7, 11) is 0. The van der Waals surface area contributed by atoms with Gasteiger partial charge in [0.15, 0.2) is 0 Å². The molecule has 2 aliphatic rings. The van der Waals surface area contributed by atoms with Crippen LogP contribution < -0.4 is 10.6 Å². The second kappa shape index (κ2) is 13.9. The molecular weight excluding hydrogens is 466 g/mol. The van der Waals surface area contributed by atoms with Crippen molar-refractivity contribution in [1.29, 1.82) is 0 Å². The van der Waals surface area contributed by atoms with Crippen molar-refractivity contribution >= 4 is 30.0 Å². The van der Waals surface area contributed by atoms with Gasteiger partial charge in [-0.05, 0) is 43.2 Å². The average molecular weight is 502 g/mol. The van der Waals surface area contributed by atoms with E-state index in [1.807, 2.05) is 43.3 Å². The van der Waals surface area contributed by atoms with E-state index in [1.165, 1.54) is 0 Å². The summed E-state index contributed by atoms with van der Waals surface area (Å²) in [5, 5.41) is 5.17. The van der Waals surface area contributed by atoms with Crippen molar-refractivity contribution in [3.05, 3.63) is 59.7 Å². The van der Waals surface area contributed by atoms with E-state index >= 15 is 0 Å². The van der Waals surface area contributed by atoms with Gasteiger partial charge in [-0.25, -0.2) is 4.79 Å². The maximum absolute atomic E-state index is 13.6. The second-order valence-corrected chi connectivity index (χ2v) is 9.58. The Kier molecular flexibility index (Phi) is 10.7. The number of hydrogen-bond donors (Lipinski definition) is 3. The molecule has 1 aliphatic heterocycles. The number of benzene rings is 1. The number of rotatable bonds is 11. The molecule has 0 radical (unpaired) electrons. The molecule has 0 spiro atoms. The predicted molar refractivity (Wildman–Crippen MR) is 136 cm³/mol. The highest BCUT2D eigenvalue weighted by Gasteiger charge is 2.38. The fraction of sp³-hybridized carbons (Fsp3) is 0.500. The van der Waals surface area contributed by atoms with Crippen LogP contribution in [0.1, 0.15) is 57.4 Å². The molecule has 1 fully saturated rings. The first kappa shape index (κ1) is 26.8. The molecule has 1 aliphatic carbocycles. The molecule has 3 N–H and O–H groups in total. The average Bonchev–Trinajstić information content (AvgIpc) is 3.38. The second-order valence-electron chi connectivity index (χ2n) is 8.80. The SMILES string of the molecule is CCC[C@@H](NC(=O)C1CCCN1C(=O)[C@H](CC1=CCCC=C1)NC(=O)OCc1ccccc1)SO. The van der Waals surface area contributed by atoms with Crippen LogP contribution in [-0.4, -0.2) is 51.4 Å². The molecule has 3 rings (SSSR count). The summed E-state index contributed by atoms with van der Waals surface area (Å²) in [6, 6.07) is 7.85. The summed E-state index contributed by atoms with van der Waals surface area (Å²) in [6.07, 6.45) is 10.3. The highest BCUT2D eigenvalue weighted by molar-refractivity contribution is 7.94. The fourth-order valence-electron chi connectivity index (χ4n) is 4.33. The van der Waals surface area contributed by atoms with Crippen molar-refractivity contribution in [2.75, 3.05) is 6.54 Å². The van der Waals surface area contributed by atoms with Gasteiger partial charge in [0.05, 0.1) is 0 Å². The zero-order chi connectivity index (χ0) is 25.0. The van der Waals surface area contributed by atoms with E-state index in [0.29, 0.717) is 44.3 Å². The summed E-state index contributed by atoms with van der Waals surface area (Å²) in [5.74, 6) is -0.582. The van der Waals surface area contributed by atoms with Crippen LogP contribution >= 0.6 is 12.0 Å². The Hall–Kier alpha value is -2.78. The van der Waals surface area contributed by atoms with Crippen LogP contribution in [0, 0.1) is 0 Å². The molecule has 9 heteroatoms. The number of carbonyl (C=O) groups excluding carboxylic acids is 3. The Labute approximate surface area is 211 Å². The molecule has 1 aromatic carbocycles. The Morgan fingerprint density at radius 1 is 1.20 bits per heavy atom. The number of ether oxygens (including phenoxy) is 1. The minimum Gasteiger partial charge on any atom is -0.445 e. The molecule has 8 nitrogen and oxygen atoms in total. The molecule has 3 atom stereocenters. The third-order valence-electron chi connectivity index (χ3n) is 6.13. The maximum atomic E-state index is 13.6. The number of amides is 3. The summed E-state index contributed by atoms with van der Waals surface area (Å²) in [4.78, 5) is 40.7. The zero-order valence-electron chi connectivity index (χ0n) is 20.2. The van der Waals surface area contributed by atoms with Gasteiger partial charge in [0, 0.05) is 25.0 Å². The smallest absolute Gasteiger partial charge is 0.408 e. The Balaban J connectivity index is 1.68. The third kappa shape index (κ3) is 8.14. The van der Waals surface area contributed by atoms with Crippen LogP contribution in [0.4, 0.5) is 4.79 Å². The molecule has 35 heavy (non-hydrogen) atoms. The molecule has 3 amide bonds. The van der Waals surface area contributed by atoms with E-state index in [1.54, 1.807) is 4.90 Å². The molecule has 0 aromatic heterocycles. The predicted octanol–water partition coefficient (Wildman–Crippen LogP) is 4.39. The van der Waals surface area contributed by atoms with Crippen molar-refractivity contribution in [3.8, 4) is 0 Å². The first-order valence-corrected chi connectivity index (χ1v) is 13.1. The summed E-state index contributed by atoms with van der Waals surface area (Å²) >= 11 is 0.609. The third-order valence-corrected chi connectivity index (χ3v) is 6.74. The summed E-state index contributed by atoms with van der Waals surface area (Å²) < 4.78 is 14.8. The van der Waals surface area contributed by atoms with Gasteiger partial charge >= 0.3 is 6.09 Å². The Bertz CT molecular complexity index is 921. The van der Waals surface area contributed by atoms with Crippen molar-refractivity contribution < 1.29 is 23.7 Å². The monoisotopic (exact) mass is 501 g/mol. The van der Waals surface area contributed by atoms with E-state index in [0.717, 1.165) is 30.4 Å². The largest absolute Gasteiger partial charge is 0.445 e. The number of carbonyl (C=O) groups is 3. The zero-order valence-corrected chi connectivity index (χ0v) is 21.0. The van der Waals surface area contributed by atoms with Crippen LogP contribution in [0.25, 0.3) is 0 Å². The van der Waals surface area contributed by atoms with Gasteiger partial charge in [-0.1, -0.05) is 61.9 Å². The molecule has 190 valence electrons. The Morgan fingerprint density at radius 3 is 2.69 bits per heavy atom. The minimum absolute atomic E-state index is 0.0998. The van der Waals surface area contributed by atoms with Crippen LogP contribution in [0.2, 0.25) is 0 Å². The van der Waals surface area contributed by atoms with E-state index in [-0.39, 0.29) is 18.4 Å². The van der Waals surface area contributed by atoms with E-state index in [2.05, 4.69) is 22.8 Å². The van der Waals surface area contributed by atoms with Gasteiger partial charge < -0.3 is 24.8 Å². The molecule has 1 heterocycles. The van der Waals surface area contributed by atoms with Crippen molar-refractivity contribution in [2.24, 2.45) is 0 Å². The van der Waals surface area contributed by atoms with Gasteiger partial charge in [0.25, 0.3) is 0 Å². The van der Waals surface area contributed by atoms with Gasteiger partial charge in [-0.15, -0.1) is 0 Å². The molecule has 1 aromatic rings. The van der Waals surface area contributed by atoms with Crippen molar-refractivity contribution in [3.63, 3.8) is 0 Å². The topological polar surface area (TPSA) is 108 Å². The van der Waals surface area contributed by atoms with Gasteiger partial charge in [0.2, 0.25) is 11.8 Å². The fourth-order valence-corrected chi connectivity index (χ4v) is 4.84. The lowest BCUT2D eigenvalue weighted by Gasteiger charge is -2.29. The normalized spacial score (nSPS) is 19.0. The van der Waals surface area contributed by atoms with Crippen LogP contribution in [0.3, 0.4) is 0 Å². The number of likely N-dealkylation sites (tertiary alicyclic amines) is 1.